The molecule has 0 radical (unpaired) electrons. The molecule has 0 aliphatic carbocycles. The fourth-order valence-electron chi connectivity index (χ4n) is 4.31. The van der Waals surface area contributed by atoms with E-state index in [-0.39, 0.29) is 5.56 Å². The van der Waals surface area contributed by atoms with Gasteiger partial charge in [0.25, 0.3) is 5.56 Å². The number of aromatic nitrogens is 2. The van der Waals surface area contributed by atoms with Crippen molar-refractivity contribution in [3.63, 3.8) is 0 Å². The fraction of sp³-hybridized carbons (Fsp3) is 0.542. The van der Waals surface area contributed by atoms with Gasteiger partial charge in [-0.15, -0.1) is 0 Å². The molecule has 0 bridgehead atoms. The maximum atomic E-state index is 13.6. The summed E-state index contributed by atoms with van der Waals surface area (Å²) >= 11 is 0. The summed E-state index contributed by atoms with van der Waals surface area (Å²) in [6, 6.07) is 8.49. The summed E-state index contributed by atoms with van der Waals surface area (Å²) in [6.07, 6.45) is 8.87. The van der Waals surface area contributed by atoms with Crippen molar-refractivity contribution in [3.8, 4) is 0 Å². The average Bonchev–Trinajstić information content (AvgIpc) is 2.98. The van der Waals surface area contributed by atoms with Crippen LogP contribution in [0.3, 0.4) is 0 Å². The van der Waals surface area contributed by atoms with Gasteiger partial charge in [-0.05, 0) is 43.7 Å². The van der Waals surface area contributed by atoms with Crippen molar-refractivity contribution in [2.45, 2.75) is 78.7 Å². The highest BCUT2D eigenvalue weighted by atomic mass is 16.1. The van der Waals surface area contributed by atoms with Gasteiger partial charge in [0.15, 0.2) is 0 Å². The highest BCUT2D eigenvalue weighted by Gasteiger charge is 2.21. The van der Waals surface area contributed by atoms with Gasteiger partial charge in [0, 0.05) is 35.6 Å². The highest BCUT2D eigenvalue weighted by Crippen LogP contribution is 2.32. The average molecular weight is 367 g/mol. The molecule has 0 saturated carbocycles. The van der Waals surface area contributed by atoms with Gasteiger partial charge in [0.2, 0.25) is 0 Å². The number of unbranched alkanes of at least 4 members (excludes halogenated alkanes) is 3. The molecule has 3 aromatic rings. The van der Waals surface area contributed by atoms with Crippen LogP contribution in [0.5, 0.6) is 0 Å². The highest BCUT2D eigenvalue weighted by molar-refractivity contribution is 6.09. The Kier molecular flexibility index (Phi) is 6.41. The van der Waals surface area contributed by atoms with Crippen LogP contribution in [-0.4, -0.2) is 9.13 Å². The quantitative estimate of drug-likeness (QED) is 0.458. The topological polar surface area (TPSA) is 26.9 Å². The molecular weight excluding hydrogens is 332 g/mol. The predicted molar refractivity (Wildman–Crippen MR) is 117 cm³/mol. The number of pyridine rings is 1. The Bertz CT molecular complexity index is 978. The number of fused-ring (bicyclic) bond motifs is 3. The summed E-state index contributed by atoms with van der Waals surface area (Å²) < 4.78 is 4.24. The first kappa shape index (κ1) is 19.7. The second kappa shape index (κ2) is 8.77. The molecule has 3 heteroatoms. The minimum absolute atomic E-state index is 0.198. The molecule has 0 aliphatic rings. The molecule has 0 fully saturated rings. The smallest absolute Gasteiger partial charge is 0.275 e. The van der Waals surface area contributed by atoms with Crippen LogP contribution < -0.4 is 5.56 Å². The number of rotatable bonds is 9. The third kappa shape index (κ3) is 3.56. The molecule has 0 spiro atoms. The van der Waals surface area contributed by atoms with Gasteiger partial charge < -0.3 is 9.13 Å². The van der Waals surface area contributed by atoms with Crippen LogP contribution in [0.25, 0.3) is 21.8 Å². The first-order chi connectivity index (χ1) is 13.2. The molecule has 0 atom stereocenters. The molecule has 146 valence electrons. The summed E-state index contributed by atoms with van der Waals surface area (Å²) in [5, 5.41) is 2.45. The first-order valence-corrected chi connectivity index (χ1v) is 10.8. The van der Waals surface area contributed by atoms with Crippen LogP contribution in [0.2, 0.25) is 0 Å². The van der Waals surface area contributed by atoms with E-state index < -0.39 is 0 Å². The molecule has 3 nitrogen and oxygen atoms in total. The van der Waals surface area contributed by atoms with Gasteiger partial charge in [-0.1, -0.05) is 58.2 Å². The van der Waals surface area contributed by atoms with Crippen LogP contribution >= 0.6 is 0 Å². The lowest BCUT2D eigenvalue weighted by atomic mass is 9.97. The van der Waals surface area contributed by atoms with E-state index in [9.17, 15) is 4.79 Å². The Labute approximate surface area is 163 Å². The zero-order chi connectivity index (χ0) is 19.4. The van der Waals surface area contributed by atoms with Gasteiger partial charge in [-0.3, -0.25) is 4.79 Å². The molecule has 0 unspecified atom stereocenters. The SMILES string of the molecule is CCCCc1c(CCCC)n(CCCC)c(=O)c2c1c1ccccc1n2C. The van der Waals surface area contributed by atoms with Crippen molar-refractivity contribution >= 4 is 21.8 Å². The Balaban J connectivity index is 2.41. The fourth-order valence-corrected chi connectivity index (χ4v) is 4.31. The molecule has 0 N–H and O–H groups in total. The Morgan fingerprint density at radius 2 is 1.56 bits per heavy atom. The molecule has 0 saturated heterocycles. The lowest BCUT2D eigenvalue weighted by Crippen LogP contribution is -2.27. The van der Waals surface area contributed by atoms with Gasteiger partial charge in [0.1, 0.15) is 5.52 Å². The molecule has 0 aliphatic heterocycles. The van der Waals surface area contributed by atoms with E-state index >= 15 is 0 Å². The third-order valence-electron chi connectivity index (χ3n) is 5.81. The first-order valence-electron chi connectivity index (χ1n) is 10.8. The van der Waals surface area contributed by atoms with Crippen molar-refractivity contribution in [2.24, 2.45) is 7.05 Å². The second-order valence-electron chi connectivity index (χ2n) is 7.74. The van der Waals surface area contributed by atoms with E-state index in [0.717, 1.165) is 56.1 Å². The lowest BCUT2D eigenvalue weighted by Gasteiger charge is -2.19. The summed E-state index contributed by atoms with van der Waals surface area (Å²) in [4.78, 5) is 13.6. The van der Waals surface area contributed by atoms with Crippen molar-refractivity contribution in [3.05, 3.63) is 45.9 Å². The molecule has 1 aromatic carbocycles. The monoisotopic (exact) mass is 366 g/mol. The number of benzene rings is 1. The Morgan fingerprint density at radius 1 is 0.889 bits per heavy atom. The van der Waals surface area contributed by atoms with Crippen molar-refractivity contribution < 1.29 is 0 Å². The van der Waals surface area contributed by atoms with Gasteiger partial charge in [0.05, 0.1) is 0 Å². The van der Waals surface area contributed by atoms with E-state index in [0.29, 0.717) is 0 Å². The van der Waals surface area contributed by atoms with Crippen LogP contribution in [0.4, 0.5) is 0 Å². The largest absolute Gasteiger partial charge is 0.339 e. The van der Waals surface area contributed by atoms with Gasteiger partial charge >= 0.3 is 0 Å². The zero-order valence-electron chi connectivity index (χ0n) is 17.5. The van der Waals surface area contributed by atoms with Crippen LogP contribution in [0.15, 0.2) is 29.1 Å². The minimum Gasteiger partial charge on any atom is -0.339 e. The Morgan fingerprint density at radius 3 is 2.26 bits per heavy atom. The van der Waals surface area contributed by atoms with Crippen LogP contribution in [0.1, 0.15) is 70.6 Å². The normalized spacial score (nSPS) is 11.7. The molecular formula is C24H34N2O. The number of para-hydroxylation sites is 1. The number of nitrogens with zero attached hydrogens (tertiary/aromatic N) is 2. The standard InChI is InChI=1S/C24H34N2O/c1-5-8-13-19-21(15-9-6-2)26(17-10-7-3)24(27)23-22(19)18-14-11-12-16-20(18)25(23)4/h11-12,14,16H,5-10,13,15,17H2,1-4H3. The molecule has 2 aromatic heterocycles. The molecule has 27 heavy (non-hydrogen) atoms. The minimum atomic E-state index is 0.198. The summed E-state index contributed by atoms with van der Waals surface area (Å²) in [7, 11) is 2.05. The second-order valence-corrected chi connectivity index (χ2v) is 7.74. The summed E-state index contributed by atoms with van der Waals surface area (Å²) in [5.74, 6) is 0. The summed E-state index contributed by atoms with van der Waals surface area (Å²) in [5.41, 5.74) is 4.97. The van der Waals surface area contributed by atoms with Gasteiger partial charge in [-0.2, -0.15) is 0 Å². The van der Waals surface area contributed by atoms with Crippen molar-refractivity contribution in [1.29, 1.82) is 0 Å². The predicted octanol–water partition coefficient (Wildman–Crippen LogP) is 5.98. The molecule has 3 rings (SSSR count). The van der Waals surface area contributed by atoms with E-state index in [1.54, 1.807) is 0 Å². The van der Waals surface area contributed by atoms with E-state index in [1.165, 1.54) is 34.9 Å². The van der Waals surface area contributed by atoms with Crippen molar-refractivity contribution in [1.82, 2.24) is 9.13 Å². The molecule has 2 heterocycles. The number of aryl methyl sites for hydroxylation is 2. The maximum Gasteiger partial charge on any atom is 0.275 e. The van der Waals surface area contributed by atoms with Crippen LogP contribution in [-0.2, 0) is 26.4 Å². The number of hydrogen-bond donors (Lipinski definition) is 0. The van der Waals surface area contributed by atoms with E-state index in [4.69, 9.17) is 0 Å². The van der Waals surface area contributed by atoms with E-state index in [1.807, 2.05) is 7.05 Å². The lowest BCUT2D eigenvalue weighted by molar-refractivity contribution is 0.572. The van der Waals surface area contributed by atoms with Crippen LogP contribution in [0, 0.1) is 0 Å². The van der Waals surface area contributed by atoms with E-state index in [2.05, 4.69) is 54.2 Å². The summed E-state index contributed by atoms with van der Waals surface area (Å²) in [6.45, 7) is 7.52. The maximum absolute atomic E-state index is 13.6. The zero-order valence-corrected chi connectivity index (χ0v) is 17.5. The third-order valence-corrected chi connectivity index (χ3v) is 5.81. The number of hydrogen-bond acceptors (Lipinski definition) is 1. The molecule has 0 amide bonds. The van der Waals surface area contributed by atoms with Gasteiger partial charge in [-0.25, -0.2) is 0 Å². The Hall–Kier alpha value is -2.03. The van der Waals surface area contributed by atoms with Crippen molar-refractivity contribution in [2.75, 3.05) is 0 Å².